The van der Waals surface area contributed by atoms with E-state index < -0.39 is 10.0 Å². The number of benzene rings is 1. The van der Waals surface area contributed by atoms with Crippen LogP contribution in [0.2, 0.25) is 0 Å². The molecule has 0 saturated heterocycles. The molecule has 21 heavy (non-hydrogen) atoms. The quantitative estimate of drug-likeness (QED) is 0.705. The van der Waals surface area contributed by atoms with Crippen molar-refractivity contribution in [3.8, 4) is 0 Å². The second-order valence-corrected chi connectivity index (χ2v) is 6.57. The standard InChI is InChI=1S/C14H23N3O3S/c1-5-6-16-12-7-10(2)14(11(3)8-12)21(19,20)17-9-13(18)15-4/h7-8,16-17H,5-6,9H2,1-4H3,(H,15,18). The molecule has 0 aromatic heterocycles. The van der Waals surface area contributed by atoms with Gasteiger partial charge in [-0.15, -0.1) is 0 Å². The highest BCUT2D eigenvalue weighted by Gasteiger charge is 2.20. The highest BCUT2D eigenvalue weighted by atomic mass is 32.2. The Kier molecular flexibility index (Phi) is 6.17. The normalized spacial score (nSPS) is 11.2. The van der Waals surface area contributed by atoms with Crippen molar-refractivity contribution < 1.29 is 13.2 Å². The first-order valence-electron chi connectivity index (χ1n) is 6.87. The van der Waals surface area contributed by atoms with E-state index in [2.05, 4.69) is 22.3 Å². The molecule has 0 fully saturated rings. The predicted octanol–water partition coefficient (Wildman–Crippen LogP) is 1.15. The molecule has 1 amide bonds. The molecule has 0 heterocycles. The summed E-state index contributed by atoms with van der Waals surface area (Å²) in [5, 5.41) is 5.61. The zero-order chi connectivity index (χ0) is 16.0. The largest absolute Gasteiger partial charge is 0.385 e. The first-order valence-corrected chi connectivity index (χ1v) is 8.35. The summed E-state index contributed by atoms with van der Waals surface area (Å²) in [6, 6.07) is 3.61. The molecule has 0 bridgehead atoms. The number of carbonyl (C=O) groups excluding carboxylic acids is 1. The zero-order valence-electron chi connectivity index (χ0n) is 12.9. The number of sulfonamides is 1. The second-order valence-electron chi connectivity index (χ2n) is 4.86. The smallest absolute Gasteiger partial charge is 0.241 e. The minimum atomic E-state index is -3.70. The third kappa shape index (κ3) is 4.71. The van der Waals surface area contributed by atoms with Gasteiger partial charge in [0.25, 0.3) is 0 Å². The van der Waals surface area contributed by atoms with Crippen molar-refractivity contribution in [2.75, 3.05) is 25.5 Å². The van der Waals surface area contributed by atoms with Crippen molar-refractivity contribution in [2.45, 2.75) is 32.1 Å². The van der Waals surface area contributed by atoms with Crippen molar-refractivity contribution in [3.05, 3.63) is 23.3 Å². The first kappa shape index (κ1) is 17.5. The average molecular weight is 313 g/mol. The van der Waals surface area contributed by atoms with Crippen LogP contribution in [0.5, 0.6) is 0 Å². The molecule has 118 valence electrons. The van der Waals surface area contributed by atoms with Gasteiger partial charge in [-0.3, -0.25) is 4.79 Å². The molecular weight excluding hydrogens is 290 g/mol. The third-order valence-electron chi connectivity index (χ3n) is 3.01. The van der Waals surface area contributed by atoms with E-state index in [0.29, 0.717) is 11.1 Å². The van der Waals surface area contributed by atoms with Crippen LogP contribution in [0.15, 0.2) is 17.0 Å². The van der Waals surface area contributed by atoms with Crippen LogP contribution in [0.4, 0.5) is 5.69 Å². The van der Waals surface area contributed by atoms with Crippen LogP contribution in [0.25, 0.3) is 0 Å². The molecule has 0 unspecified atom stereocenters. The number of anilines is 1. The Balaban J connectivity index is 3.04. The second kappa shape index (κ2) is 7.42. The molecule has 0 saturated carbocycles. The molecule has 1 rings (SSSR count). The third-order valence-corrected chi connectivity index (χ3v) is 4.72. The fourth-order valence-corrected chi connectivity index (χ4v) is 3.50. The van der Waals surface area contributed by atoms with Crippen LogP contribution in [-0.4, -0.2) is 34.5 Å². The summed E-state index contributed by atoms with van der Waals surface area (Å²) in [6.45, 7) is 6.12. The molecule has 0 aliphatic carbocycles. The van der Waals surface area contributed by atoms with Crippen LogP contribution < -0.4 is 15.4 Å². The number of hydrogen-bond acceptors (Lipinski definition) is 4. The molecule has 1 aromatic rings. The molecule has 7 heteroatoms. The van der Waals surface area contributed by atoms with E-state index in [9.17, 15) is 13.2 Å². The number of carbonyl (C=O) groups is 1. The van der Waals surface area contributed by atoms with E-state index in [0.717, 1.165) is 18.7 Å². The predicted molar refractivity (Wildman–Crippen MR) is 84.0 cm³/mol. The lowest BCUT2D eigenvalue weighted by molar-refractivity contribution is -0.119. The van der Waals surface area contributed by atoms with Gasteiger partial charge >= 0.3 is 0 Å². The van der Waals surface area contributed by atoms with Gasteiger partial charge in [0.15, 0.2) is 0 Å². The minimum absolute atomic E-state index is 0.230. The average Bonchev–Trinajstić information content (AvgIpc) is 2.41. The highest BCUT2D eigenvalue weighted by molar-refractivity contribution is 7.89. The van der Waals surface area contributed by atoms with Crippen LogP contribution in [0, 0.1) is 13.8 Å². The molecular formula is C14H23N3O3S. The summed E-state index contributed by atoms with van der Waals surface area (Å²) in [6.07, 6.45) is 0.992. The number of hydrogen-bond donors (Lipinski definition) is 3. The summed E-state index contributed by atoms with van der Waals surface area (Å²) in [5.41, 5.74) is 2.20. The highest BCUT2D eigenvalue weighted by Crippen LogP contribution is 2.24. The van der Waals surface area contributed by atoms with E-state index in [1.165, 1.54) is 7.05 Å². The Bertz CT molecular complexity index is 589. The minimum Gasteiger partial charge on any atom is -0.385 e. The van der Waals surface area contributed by atoms with Crippen LogP contribution in [0.3, 0.4) is 0 Å². The number of nitrogens with one attached hydrogen (secondary N) is 3. The lowest BCUT2D eigenvalue weighted by Gasteiger charge is -2.14. The summed E-state index contributed by atoms with van der Waals surface area (Å²) < 4.78 is 26.9. The molecule has 3 N–H and O–H groups in total. The van der Waals surface area contributed by atoms with Crippen molar-refractivity contribution in [2.24, 2.45) is 0 Å². The molecule has 0 aliphatic heterocycles. The maximum Gasteiger partial charge on any atom is 0.241 e. The lowest BCUT2D eigenvalue weighted by Crippen LogP contribution is -2.35. The molecule has 0 spiro atoms. The Morgan fingerprint density at radius 1 is 1.19 bits per heavy atom. The number of rotatable bonds is 7. The number of likely N-dealkylation sites (N-methyl/N-ethyl adjacent to an activating group) is 1. The summed E-state index contributed by atoms with van der Waals surface area (Å²) in [4.78, 5) is 11.4. The maximum atomic E-state index is 12.3. The summed E-state index contributed by atoms with van der Waals surface area (Å²) in [7, 11) is -2.24. The van der Waals surface area contributed by atoms with Gasteiger partial charge in [0.1, 0.15) is 0 Å². The van der Waals surface area contributed by atoms with Gasteiger partial charge in [0.05, 0.1) is 11.4 Å². The molecule has 1 aromatic carbocycles. The summed E-state index contributed by atoms with van der Waals surface area (Å²) >= 11 is 0. The fourth-order valence-electron chi connectivity index (χ4n) is 2.07. The van der Waals surface area contributed by atoms with Gasteiger partial charge in [0.2, 0.25) is 15.9 Å². The first-order chi connectivity index (χ1) is 9.81. The number of aryl methyl sites for hydroxylation is 2. The molecule has 0 aliphatic rings. The van der Waals surface area contributed by atoms with E-state index in [-0.39, 0.29) is 17.3 Å². The molecule has 0 radical (unpaired) electrons. The Morgan fingerprint density at radius 3 is 2.24 bits per heavy atom. The van der Waals surface area contributed by atoms with E-state index >= 15 is 0 Å². The SMILES string of the molecule is CCCNc1cc(C)c(S(=O)(=O)NCC(=O)NC)c(C)c1. The van der Waals surface area contributed by atoms with Crippen LogP contribution in [0.1, 0.15) is 24.5 Å². The van der Waals surface area contributed by atoms with E-state index in [1.807, 2.05) is 0 Å². The van der Waals surface area contributed by atoms with Gasteiger partial charge in [-0.1, -0.05) is 6.92 Å². The number of amides is 1. The fraction of sp³-hybridized carbons (Fsp3) is 0.500. The van der Waals surface area contributed by atoms with Gasteiger partial charge < -0.3 is 10.6 Å². The van der Waals surface area contributed by atoms with E-state index in [1.54, 1.807) is 26.0 Å². The Hall–Kier alpha value is -1.60. The van der Waals surface area contributed by atoms with E-state index in [4.69, 9.17) is 0 Å². The lowest BCUT2D eigenvalue weighted by atomic mass is 10.1. The maximum absolute atomic E-state index is 12.3. The molecule has 6 nitrogen and oxygen atoms in total. The topological polar surface area (TPSA) is 87.3 Å². The van der Waals surface area contributed by atoms with Gasteiger partial charge in [0, 0.05) is 19.3 Å². The van der Waals surface area contributed by atoms with Gasteiger partial charge in [-0.2, -0.15) is 0 Å². The van der Waals surface area contributed by atoms with Crippen molar-refractivity contribution in [1.29, 1.82) is 0 Å². The van der Waals surface area contributed by atoms with Crippen LogP contribution in [-0.2, 0) is 14.8 Å². The van der Waals surface area contributed by atoms with Gasteiger partial charge in [-0.25, -0.2) is 13.1 Å². The van der Waals surface area contributed by atoms with Gasteiger partial charge in [-0.05, 0) is 43.5 Å². The summed E-state index contributed by atoms with van der Waals surface area (Å²) in [5.74, 6) is -0.380. The van der Waals surface area contributed by atoms with Crippen molar-refractivity contribution in [1.82, 2.24) is 10.0 Å². The van der Waals surface area contributed by atoms with Crippen molar-refractivity contribution in [3.63, 3.8) is 0 Å². The molecule has 0 atom stereocenters. The van der Waals surface area contributed by atoms with Crippen LogP contribution >= 0.6 is 0 Å². The van der Waals surface area contributed by atoms with Crippen molar-refractivity contribution >= 4 is 21.6 Å². The Morgan fingerprint density at radius 2 is 1.76 bits per heavy atom. The monoisotopic (exact) mass is 313 g/mol. The Labute approximate surface area is 126 Å². The zero-order valence-corrected chi connectivity index (χ0v) is 13.7.